The van der Waals surface area contributed by atoms with Crippen molar-refractivity contribution in [2.24, 2.45) is 5.41 Å². The molecule has 0 N–H and O–H groups in total. The molecule has 4 rings (SSSR count). The van der Waals surface area contributed by atoms with Gasteiger partial charge in [0.2, 0.25) is 11.8 Å². The fourth-order valence-corrected chi connectivity index (χ4v) is 5.49. The predicted molar refractivity (Wildman–Crippen MR) is 146 cm³/mol. The van der Waals surface area contributed by atoms with Gasteiger partial charge in [0.15, 0.2) is 0 Å². The van der Waals surface area contributed by atoms with Crippen LogP contribution in [-0.4, -0.2) is 79.4 Å². The van der Waals surface area contributed by atoms with Crippen LogP contribution >= 0.6 is 27.5 Å². The maximum atomic E-state index is 13.3. The molecule has 0 radical (unpaired) electrons. The van der Waals surface area contributed by atoms with Crippen molar-refractivity contribution in [2.75, 3.05) is 52.9 Å². The summed E-state index contributed by atoms with van der Waals surface area (Å²) in [4.78, 5) is 32.6. The van der Waals surface area contributed by atoms with Gasteiger partial charge in [-0.1, -0.05) is 45.7 Å². The van der Waals surface area contributed by atoms with Crippen molar-refractivity contribution in [2.45, 2.75) is 32.6 Å². The summed E-state index contributed by atoms with van der Waals surface area (Å²) in [5.41, 5.74) is 1.65. The van der Waals surface area contributed by atoms with Crippen LogP contribution in [0.15, 0.2) is 46.9 Å². The largest absolute Gasteiger partial charge is 0.493 e. The number of carbonyl (C=O) groups excluding carboxylic acids is 2. The van der Waals surface area contributed by atoms with Crippen molar-refractivity contribution in [3.8, 4) is 5.75 Å². The van der Waals surface area contributed by atoms with Crippen molar-refractivity contribution in [1.82, 2.24) is 14.7 Å². The van der Waals surface area contributed by atoms with Crippen LogP contribution in [0.3, 0.4) is 0 Å². The van der Waals surface area contributed by atoms with E-state index in [4.69, 9.17) is 16.3 Å². The average molecular weight is 577 g/mol. The lowest BCUT2D eigenvalue weighted by Gasteiger charge is -2.43. The minimum atomic E-state index is -0.307. The molecule has 194 valence electrons. The number of likely N-dealkylation sites (N-methyl/N-ethyl adjacent to an activating group) is 1. The van der Waals surface area contributed by atoms with Gasteiger partial charge in [0.05, 0.1) is 13.0 Å². The van der Waals surface area contributed by atoms with Crippen molar-refractivity contribution < 1.29 is 14.3 Å². The highest BCUT2D eigenvalue weighted by atomic mass is 79.9. The Kier molecular flexibility index (Phi) is 8.96. The van der Waals surface area contributed by atoms with Gasteiger partial charge in [-0.2, -0.15) is 0 Å². The first-order valence-electron chi connectivity index (χ1n) is 12.6. The topological polar surface area (TPSA) is 53.1 Å². The van der Waals surface area contributed by atoms with Gasteiger partial charge in [-0.05, 0) is 62.2 Å². The molecular weight excluding hydrogens is 542 g/mol. The summed E-state index contributed by atoms with van der Waals surface area (Å²) in [6.45, 7) is 6.98. The summed E-state index contributed by atoms with van der Waals surface area (Å²) >= 11 is 9.73. The van der Waals surface area contributed by atoms with E-state index in [1.807, 2.05) is 59.2 Å². The van der Waals surface area contributed by atoms with Gasteiger partial charge < -0.3 is 19.4 Å². The molecule has 2 aliphatic rings. The average Bonchev–Trinajstić information content (AvgIpc) is 2.87. The standard InChI is InChI=1S/C28H35BrClN3O3/c1-21-17-23(7-8-25(21)30)36-20-28(19-27(35)33-15-13-31(2)14-16-33)9-11-32(12-10-28)26(34)18-22-5-3-4-6-24(22)29/h3-8,17H,9-16,18-20H2,1-2H3. The molecule has 0 unspecified atom stereocenters. The molecule has 2 aliphatic heterocycles. The van der Waals surface area contributed by atoms with Gasteiger partial charge >= 0.3 is 0 Å². The Morgan fingerprint density at radius 2 is 1.64 bits per heavy atom. The van der Waals surface area contributed by atoms with Crippen LogP contribution in [-0.2, 0) is 16.0 Å². The number of hydrogen-bond acceptors (Lipinski definition) is 4. The summed E-state index contributed by atoms with van der Waals surface area (Å²) in [7, 11) is 2.09. The minimum Gasteiger partial charge on any atom is -0.493 e. The molecule has 2 amide bonds. The Labute approximate surface area is 227 Å². The number of aryl methyl sites for hydroxylation is 1. The Balaban J connectivity index is 1.43. The molecule has 2 heterocycles. The molecule has 2 fully saturated rings. The first-order valence-corrected chi connectivity index (χ1v) is 13.8. The zero-order chi connectivity index (χ0) is 25.7. The fraction of sp³-hybridized carbons (Fsp3) is 0.500. The Morgan fingerprint density at radius 3 is 2.31 bits per heavy atom. The van der Waals surface area contributed by atoms with E-state index in [0.29, 0.717) is 37.6 Å². The molecule has 8 heteroatoms. The second kappa shape index (κ2) is 12.0. The maximum absolute atomic E-state index is 13.3. The third-order valence-corrected chi connectivity index (χ3v) is 8.73. The Bertz CT molecular complexity index is 1080. The molecule has 2 aromatic carbocycles. The number of rotatable bonds is 7. The van der Waals surface area contributed by atoms with E-state index >= 15 is 0 Å². The van der Waals surface area contributed by atoms with E-state index < -0.39 is 0 Å². The number of benzene rings is 2. The van der Waals surface area contributed by atoms with E-state index in [1.165, 1.54) is 0 Å². The molecule has 0 saturated carbocycles. The highest BCUT2D eigenvalue weighted by Gasteiger charge is 2.40. The zero-order valence-electron chi connectivity index (χ0n) is 21.1. The quantitative estimate of drug-likeness (QED) is 0.475. The van der Waals surface area contributed by atoms with E-state index in [9.17, 15) is 9.59 Å². The minimum absolute atomic E-state index is 0.120. The number of halogens is 2. The third-order valence-electron chi connectivity index (χ3n) is 7.53. The number of ether oxygens (including phenoxy) is 1. The van der Waals surface area contributed by atoms with E-state index in [0.717, 1.165) is 60.4 Å². The molecule has 0 aliphatic carbocycles. The summed E-state index contributed by atoms with van der Waals surface area (Å²) in [5.74, 6) is 1.07. The molecule has 2 saturated heterocycles. The molecule has 2 aromatic rings. The van der Waals surface area contributed by atoms with Gasteiger partial charge in [0, 0.05) is 60.6 Å². The third kappa shape index (κ3) is 6.81. The molecule has 0 aromatic heterocycles. The van der Waals surface area contributed by atoms with Crippen LogP contribution in [0.1, 0.15) is 30.4 Å². The molecule has 0 atom stereocenters. The molecule has 36 heavy (non-hydrogen) atoms. The van der Waals surface area contributed by atoms with Crippen LogP contribution in [0, 0.1) is 12.3 Å². The lowest BCUT2D eigenvalue weighted by molar-refractivity contribution is -0.138. The van der Waals surface area contributed by atoms with E-state index in [-0.39, 0.29) is 17.2 Å². The van der Waals surface area contributed by atoms with Crippen molar-refractivity contribution in [1.29, 1.82) is 0 Å². The highest BCUT2D eigenvalue weighted by molar-refractivity contribution is 9.10. The number of hydrogen-bond donors (Lipinski definition) is 0. The maximum Gasteiger partial charge on any atom is 0.227 e. The Morgan fingerprint density at radius 1 is 0.972 bits per heavy atom. The second-order valence-electron chi connectivity index (χ2n) is 10.2. The monoisotopic (exact) mass is 575 g/mol. The molecule has 0 spiro atoms. The van der Waals surface area contributed by atoms with Crippen LogP contribution in [0.25, 0.3) is 0 Å². The smallest absolute Gasteiger partial charge is 0.227 e. The van der Waals surface area contributed by atoms with Crippen molar-refractivity contribution in [3.05, 3.63) is 63.1 Å². The van der Waals surface area contributed by atoms with Gasteiger partial charge in [-0.3, -0.25) is 9.59 Å². The van der Waals surface area contributed by atoms with Crippen LogP contribution in [0.2, 0.25) is 5.02 Å². The van der Waals surface area contributed by atoms with Crippen LogP contribution < -0.4 is 4.74 Å². The van der Waals surface area contributed by atoms with E-state index in [1.54, 1.807) is 0 Å². The second-order valence-corrected chi connectivity index (χ2v) is 11.5. The number of carbonyl (C=O) groups is 2. The number of likely N-dealkylation sites (tertiary alicyclic amines) is 1. The number of piperazine rings is 1. The van der Waals surface area contributed by atoms with Gasteiger partial charge in [0.1, 0.15) is 5.75 Å². The molecule has 6 nitrogen and oxygen atoms in total. The fourth-order valence-electron chi connectivity index (χ4n) is 4.95. The number of amides is 2. The number of piperidine rings is 1. The van der Waals surface area contributed by atoms with Crippen LogP contribution in [0.4, 0.5) is 0 Å². The normalized spacial score (nSPS) is 18.2. The zero-order valence-corrected chi connectivity index (χ0v) is 23.5. The molecule has 0 bridgehead atoms. The summed E-state index contributed by atoms with van der Waals surface area (Å²) in [6, 6.07) is 13.5. The summed E-state index contributed by atoms with van der Waals surface area (Å²) in [5, 5.41) is 0.708. The first-order chi connectivity index (χ1) is 17.2. The van der Waals surface area contributed by atoms with E-state index in [2.05, 4.69) is 27.9 Å². The van der Waals surface area contributed by atoms with Gasteiger partial charge in [-0.25, -0.2) is 0 Å². The first kappa shape index (κ1) is 27.0. The number of nitrogens with zero attached hydrogens (tertiary/aromatic N) is 3. The Hall–Kier alpha value is -2.09. The van der Waals surface area contributed by atoms with Crippen LogP contribution in [0.5, 0.6) is 5.75 Å². The van der Waals surface area contributed by atoms with Crippen molar-refractivity contribution in [3.63, 3.8) is 0 Å². The van der Waals surface area contributed by atoms with Gasteiger partial charge in [0.25, 0.3) is 0 Å². The lowest BCUT2D eigenvalue weighted by atomic mass is 9.75. The lowest BCUT2D eigenvalue weighted by Crippen LogP contribution is -2.51. The summed E-state index contributed by atoms with van der Waals surface area (Å²) < 4.78 is 7.20. The highest BCUT2D eigenvalue weighted by Crippen LogP contribution is 2.37. The predicted octanol–water partition coefficient (Wildman–Crippen LogP) is 4.81. The summed E-state index contributed by atoms with van der Waals surface area (Å²) in [6.07, 6.45) is 2.28. The van der Waals surface area contributed by atoms with Gasteiger partial charge in [-0.15, -0.1) is 0 Å². The SMILES string of the molecule is Cc1cc(OCC2(CC(=O)N3CCN(C)CC3)CCN(C(=O)Cc3ccccc3Br)CC2)ccc1Cl. The van der Waals surface area contributed by atoms with Crippen molar-refractivity contribution >= 4 is 39.3 Å². The molecular formula is C28H35BrClN3O3.